The maximum absolute atomic E-state index is 4.46. The first-order valence-corrected chi connectivity index (χ1v) is 2.64. The van der Waals surface area contributed by atoms with Gasteiger partial charge in [0.25, 0.3) is 10.7 Å². The molecular weight excluding hydrogens is 116 g/mol. The molecule has 0 unspecified atom stereocenters. The quantitative estimate of drug-likeness (QED) is 0.438. The molecule has 1 aliphatic heterocycles. The van der Waals surface area contributed by atoms with Crippen molar-refractivity contribution in [2.75, 3.05) is 0 Å². The molecule has 0 saturated carbocycles. The second kappa shape index (κ2) is 1.55. The van der Waals surface area contributed by atoms with Crippen molar-refractivity contribution < 1.29 is 4.94 Å². The van der Waals surface area contributed by atoms with E-state index in [0.717, 1.165) is 10.7 Å². The average Bonchev–Trinajstić information content (AvgIpc) is 2.33. The van der Waals surface area contributed by atoms with Crippen molar-refractivity contribution in [2.24, 2.45) is 5.16 Å². The van der Waals surface area contributed by atoms with Crippen LogP contribution in [0.5, 0.6) is 0 Å². The monoisotopic (exact) mass is 120 g/mol. The first-order chi connectivity index (χ1) is 4.47. The van der Waals surface area contributed by atoms with E-state index in [4.69, 9.17) is 0 Å². The smallest absolute Gasteiger partial charge is 0.0574 e. The lowest BCUT2D eigenvalue weighted by Gasteiger charge is -1.65. The molecule has 1 heterocycles. The maximum Gasteiger partial charge on any atom is 0.279 e. The highest BCUT2D eigenvalue weighted by atomic mass is 16.8. The summed E-state index contributed by atoms with van der Waals surface area (Å²) < 4.78 is 0. The molecule has 3 nitrogen and oxygen atoms in total. The minimum absolute atomic E-state index is 0.803. The molecule has 0 bridgehead atoms. The second-order valence-corrected chi connectivity index (χ2v) is 1.75. The van der Waals surface area contributed by atoms with Crippen LogP contribution in [0.25, 0.3) is 0 Å². The highest BCUT2D eigenvalue weighted by Crippen LogP contribution is 1.73. The lowest BCUT2D eigenvalue weighted by Crippen LogP contribution is -2.23. The topological polar surface area (TPSA) is 35.7 Å². The molecule has 0 atom stereocenters. The Morgan fingerprint density at radius 3 is 3.11 bits per heavy atom. The van der Waals surface area contributed by atoms with E-state index >= 15 is 0 Å². The van der Waals surface area contributed by atoms with Gasteiger partial charge in [-0.05, 0) is 17.1 Å². The fourth-order valence-corrected chi connectivity index (χ4v) is 0.727. The van der Waals surface area contributed by atoms with E-state index in [0.29, 0.717) is 0 Å². The van der Waals surface area contributed by atoms with Gasteiger partial charge in [0.15, 0.2) is 10.3 Å². The van der Waals surface area contributed by atoms with Crippen LogP contribution in [0.4, 0.5) is 0 Å². The van der Waals surface area contributed by atoms with Gasteiger partial charge in [-0.25, -0.2) is 0 Å². The summed E-state index contributed by atoms with van der Waals surface area (Å²) >= 11 is 0. The minimum atomic E-state index is 0.803. The van der Waals surface area contributed by atoms with Crippen LogP contribution in [0.1, 0.15) is 0 Å². The van der Waals surface area contributed by atoms with Crippen molar-refractivity contribution in [2.45, 2.75) is 0 Å². The summed E-state index contributed by atoms with van der Waals surface area (Å²) in [5, 5.41) is 8.87. The molecule has 0 amide bonds. The Labute approximate surface area is 51.2 Å². The van der Waals surface area contributed by atoms with E-state index < -0.39 is 0 Å². The van der Waals surface area contributed by atoms with Crippen molar-refractivity contribution in [3.63, 3.8) is 0 Å². The summed E-state index contributed by atoms with van der Waals surface area (Å²) in [6, 6.07) is 7.50. The predicted molar refractivity (Wildman–Crippen MR) is 29.5 cm³/mol. The van der Waals surface area contributed by atoms with Gasteiger partial charge in [-0.15, -0.1) is 0 Å². The van der Waals surface area contributed by atoms with Gasteiger partial charge in [0.1, 0.15) is 0 Å². The van der Waals surface area contributed by atoms with Crippen LogP contribution in [-0.4, -0.2) is 0 Å². The number of nitrogens with zero attached hydrogens (tertiary/aromatic N) is 2. The van der Waals surface area contributed by atoms with Gasteiger partial charge in [0.05, 0.1) is 0 Å². The fourth-order valence-electron chi connectivity index (χ4n) is 0.727. The van der Waals surface area contributed by atoms with E-state index in [1.54, 1.807) is 0 Å². The van der Waals surface area contributed by atoms with E-state index in [9.17, 15) is 0 Å². The molecule has 1 aromatic carbocycles. The molecule has 3 heteroatoms. The molecule has 1 aliphatic rings. The van der Waals surface area contributed by atoms with Crippen LogP contribution in [0, 0.1) is 0 Å². The van der Waals surface area contributed by atoms with Crippen LogP contribution in [0.3, 0.4) is 0 Å². The molecule has 0 fully saturated rings. The summed E-state index contributed by atoms with van der Waals surface area (Å²) in [7, 11) is 0. The second-order valence-electron chi connectivity index (χ2n) is 1.75. The van der Waals surface area contributed by atoms with Gasteiger partial charge >= 0.3 is 0 Å². The van der Waals surface area contributed by atoms with Crippen molar-refractivity contribution >= 4 is 0 Å². The number of hydrogen-bond acceptors (Lipinski definition) is 3. The van der Waals surface area contributed by atoms with Crippen LogP contribution in [0.2, 0.25) is 0 Å². The molecule has 1 radical (unpaired) electrons. The molecular formula is C6H4N2O+. The van der Waals surface area contributed by atoms with Crippen LogP contribution in [0.15, 0.2) is 29.4 Å². The van der Waals surface area contributed by atoms with Crippen LogP contribution >= 0.6 is 0 Å². The third-order valence-corrected chi connectivity index (χ3v) is 1.16. The Kier molecular flexibility index (Phi) is 0.773. The summed E-state index contributed by atoms with van der Waals surface area (Å²) in [4.78, 5) is 4.46. The van der Waals surface area contributed by atoms with Gasteiger partial charge in [-0.1, -0.05) is 12.1 Å². The largest absolute Gasteiger partial charge is 0.279 e. The van der Waals surface area contributed by atoms with Gasteiger partial charge in [0, 0.05) is 0 Å². The Morgan fingerprint density at radius 1 is 1.33 bits per heavy atom. The van der Waals surface area contributed by atoms with E-state index in [-0.39, 0.29) is 0 Å². The molecule has 0 aromatic heterocycles. The third-order valence-electron chi connectivity index (χ3n) is 1.16. The highest BCUT2D eigenvalue weighted by Gasteiger charge is 2.06. The van der Waals surface area contributed by atoms with E-state index in [1.807, 2.05) is 24.3 Å². The minimum Gasteiger partial charge on any atom is -0.0574 e. The number of benzene rings is 1. The average molecular weight is 120 g/mol. The van der Waals surface area contributed by atoms with Gasteiger partial charge < -0.3 is 0 Å². The normalized spacial score (nSPS) is 12.9. The Balaban J connectivity index is 2.97. The first-order valence-electron chi connectivity index (χ1n) is 2.64. The fraction of sp³-hybridized carbons (Fsp3) is 0. The summed E-state index contributed by atoms with van der Waals surface area (Å²) in [6.07, 6.45) is 0. The van der Waals surface area contributed by atoms with Gasteiger partial charge in [-0.3, -0.25) is 0 Å². The molecule has 43 valence electrons. The van der Waals surface area contributed by atoms with Crippen molar-refractivity contribution in [1.82, 2.24) is 5.16 Å². The lowest BCUT2D eigenvalue weighted by molar-refractivity contribution is 0.101. The van der Waals surface area contributed by atoms with Crippen molar-refractivity contribution in [3.8, 4) is 0 Å². The Hall–Kier alpha value is -1.38. The predicted octanol–water partition coefficient (Wildman–Crippen LogP) is -0.878. The molecule has 0 spiro atoms. The Bertz CT molecular complexity index is 298. The standard InChI is InChI=1S/C6H4N2O/c1-2-4-6-5(3-1)7-9-8-6/h1-4H/q+1. The van der Waals surface area contributed by atoms with Crippen molar-refractivity contribution in [1.29, 1.82) is 0 Å². The zero-order chi connectivity index (χ0) is 6.10. The zero-order valence-corrected chi connectivity index (χ0v) is 4.61. The molecule has 0 saturated heterocycles. The summed E-state index contributed by atoms with van der Waals surface area (Å²) in [6.45, 7) is 0. The molecule has 2 rings (SSSR count). The molecule has 9 heavy (non-hydrogen) atoms. The summed E-state index contributed by atoms with van der Waals surface area (Å²) in [5.74, 6) is 0. The van der Waals surface area contributed by atoms with Crippen molar-refractivity contribution in [3.05, 3.63) is 35.0 Å². The third kappa shape index (κ3) is 0.579. The molecule has 0 aliphatic carbocycles. The molecule has 0 N–H and O–H groups in total. The molecule has 1 aromatic rings. The SMILES string of the molecule is c1ccc2c(c1)=NO[N+]=2. The first kappa shape index (κ1) is 4.49. The van der Waals surface area contributed by atoms with E-state index in [2.05, 4.69) is 15.2 Å². The zero-order valence-electron chi connectivity index (χ0n) is 4.61. The highest BCUT2D eigenvalue weighted by molar-refractivity contribution is 4.99. The van der Waals surface area contributed by atoms with E-state index in [1.165, 1.54) is 0 Å². The number of rotatable bonds is 0. The number of hydrogen-bond donors (Lipinski definition) is 0. The lowest BCUT2D eigenvalue weighted by atomic mass is 10.3. The van der Waals surface area contributed by atoms with Crippen LogP contribution < -0.4 is 15.9 Å². The maximum atomic E-state index is 4.46. The van der Waals surface area contributed by atoms with Crippen LogP contribution in [-0.2, 0) is 4.94 Å². The van der Waals surface area contributed by atoms with Gasteiger partial charge in [-0.2, -0.15) is 0 Å². The Morgan fingerprint density at radius 2 is 2.22 bits per heavy atom. The number of fused-ring (bicyclic) bond motifs is 1. The van der Waals surface area contributed by atoms with Gasteiger partial charge in [0.2, 0.25) is 0 Å². The summed E-state index contributed by atoms with van der Waals surface area (Å²) in [5.41, 5.74) is 0.